The molecule has 3 rings (SSSR count). The molecule has 0 bridgehead atoms. The van der Waals surface area contributed by atoms with Crippen LogP contribution >= 0.6 is 0 Å². The topological polar surface area (TPSA) is 72.7 Å². The van der Waals surface area contributed by atoms with Gasteiger partial charge in [0.15, 0.2) is 0 Å². The first-order valence-electron chi connectivity index (χ1n) is 9.08. The molecule has 1 amide bonds. The number of carbonyl (C=O) groups excluding carboxylic acids is 1. The van der Waals surface area contributed by atoms with Crippen molar-refractivity contribution in [2.45, 2.75) is 53.1 Å². The summed E-state index contributed by atoms with van der Waals surface area (Å²) in [6.45, 7) is 8.27. The normalized spacial score (nSPS) is 12.3. The Kier molecular flexibility index (Phi) is 5.30. The van der Waals surface area contributed by atoms with Crippen LogP contribution in [0.15, 0.2) is 30.3 Å². The van der Waals surface area contributed by atoms with Crippen LogP contribution in [0.2, 0.25) is 0 Å². The lowest BCUT2D eigenvalue weighted by molar-refractivity contribution is -0.124. The highest BCUT2D eigenvalue weighted by Gasteiger charge is 2.23. The van der Waals surface area contributed by atoms with Crippen molar-refractivity contribution in [3.8, 4) is 0 Å². The molecule has 6 nitrogen and oxygen atoms in total. The summed E-state index contributed by atoms with van der Waals surface area (Å²) in [4.78, 5) is 26.4. The molecule has 6 heteroatoms. The molecule has 26 heavy (non-hydrogen) atoms. The van der Waals surface area contributed by atoms with Gasteiger partial charge in [0.2, 0.25) is 5.91 Å². The largest absolute Gasteiger partial charge is 0.347 e. The van der Waals surface area contributed by atoms with Crippen LogP contribution in [0.4, 0.5) is 0 Å². The Morgan fingerprint density at radius 1 is 1.12 bits per heavy atom. The third kappa shape index (κ3) is 3.59. The number of rotatable bonds is 6. The highest BCUT2D eigenvalue weighted by atomic mass is 16.2. The van der Waals surface area contributed by atoms with Gasteiger partial charge in [-0.2, -0.15) is 0 Å². The van der Waals surface area contributed by atoms with E-state index in [0.717, 1.165) is 34.7 Å². The van der Waals surface area contributed by atoms with Gasteiger partial charge in [0.1, 0.15) is 17.7 Å². The van der Waals surface area contributed by atoms with Gasteiger partial charge in [-0.15, -0.1) is 0 Å². The lowest BCUT2D eigenvalue weighted by atomic mass is 10.2. The molecule has 0 saturated carbocycles. The molecule has 0 aliphatic rings. The van der Waals surface area contributed by atoms with Gasteiger partial charge in [-0.3, -0.25) is 4.79 Å². The van der Waals surface area contributed by atoms with Crippen molar-refractivity contribution >= 4 is 16.9 Å². The third-order valence-electron chi connectivity index (χ3n) is 4.44. The summed E-state index contributed by atoms with van der Waals surface area (Å²) in [6, 6.07) is 9.57. The first-order chi connectivity index (χ1) is 12.5. The molecule has 3 aromatic rings. The van der Waals surface area contributed by atoms with E-state index in [1.807, 2.05) is 51.1 Å². The molecule has 136 valence electrons. The highest BCUT2D eigenvalue weighted by Crippen LogP contribution is 2.24. The number of carbonyl (C=O) groups is 1. The molecule has 2 aromatic heterocycles. The molecule has 0 saturated heterocycles. The van der Waals surface area contributed by atoms with E-state index in [1.165, 1.54) is 0 Å². The highest BCUT2D eigenvalue weighted by molar-refractivity contribution is 5.84. The number of aryl methyl sites for hydroxylation is 3. The average Bonchev–Trinajstić information content (AvgIpc) is 2.98. The fourth-order valence-electron chi connectivity index (χ4n) is 3.34. The van der Waals surface area contributed by atoms with Gasteiger partial charge in [-0.1, -0.05) is 26.0 Å². The van der Waals surface area contributed by atoms with Gasteiger partial charge in [0.25, 0.3) is 0 Å². The van der Waals surface area contributed by atoms with Gasteiger partial charge in [-0.25, -0.2) is 15.0 Å². The van der Waals surface area contributed by atoms with Gasteiger partial charge >= 0.3 is 0 Å². The van der Waals surface area contributed by atoms with Crippen molar-refractivity contribution in [2.75, 3.05) is 0 Å². The molecular formula is C20H25N5O. The summed E-state index contributed by atoms with van der Waals surface area (Å²) in [7, 11) is 0. The smallest absolute Gasteiger partial charge is 0.243 e. The zero-order valence-corrected chi connectivity index (χ0v) is 15.8. The number of amides is 1. The number of nitrogens with one attached hydrogen (secondary N) is 1. The van der Waals surface area contributed by atoms with E-state index in [2.05, 4.69) is 31.8 Å². The van der Waals surface area contributed by atoms with Crippen molar-refractivity contribution in [1.82, 2.24) is 24.8 Å². The van der Waals surface area contributed by atoms with Crippen LogP contribution in [0.1, 0.15) is 49.3 Å². The third-order valence-corrected chi connectivity index (χ3v) is 4.44. The standard InChI is InChI=1S/C20H25N5O/c1-5-16(20(26)21-12-18-22-13(3)11-14(4)23-18)25-17-10-8-7-9-15(17)24-19(25)6-2/h7-11,16H,5-6,12H2,1-4H3,(H,21,26)/t16-/m0/s1. The van der Waals surface area contributed by atoms with Crippen LogP contribution in [-0.4, -0.2) is 25.4 Å². The maximum atomic E-state index is 12.9. The monoisotopic (exact) mass is 351 g/mol. The van der Waals surface area contributed by atoms with E-state index in [1.54, 1.807) is 0 Å². The molecule has 2 heterocycles. The minimum atomic E-state index is -0.303. The van der Waals surface area contributed by atoms with Crippen LogP contribution < -0.4 is 5.32 Å². The molecule has 1 atom stereocenters. The van der Waals surface area contributed by atoms with E-state index >= 15 is 0 Å². The Balaban J connectivity index is 1.85. The number of benzene rings is 1. The zero-order valence-electron chi connectivity index (χ0n) is 15.8. The second kappa shape index (κ2) is 7.64. The molecule has 0 unspecified atom stereocenters. The molecule has 1 N–H and O–H groups in total. The van der Waals surface area contributed by atoms with E-state index in [0.29, 0.717) is 18.8 Å². The van der Waals surface area contributed by atoms with Gasteiger partial charge in [-0.05, 0) is 38.5 Å². The van der Waals surface area contributed by atoms with Crippen LogP contribution in [0.25, 0.3) is 11.0 Å². The van der Waals surface area contributed by atoms with Crippen molar-refractivity contribution in [2.24, 2.45) is 0 Å². The number of hydrogen-bond donors (Lipinski definition) is 1. The SMILES string of the molecule is CCc1nc2ccccc2n1[C@@H](CC)C(=O)NCc1nc(C)cc(C)n1. The van der Waals surface area contributed by atoms with Gasteiger partial charge < -0.3 is 9.88 Å². The second-order valence-electron chi connectivity index (χ2n) is 6.45. The van der Waals surface area contributed by atoms with Crippen molar-refractivity contribution in [3.63, 3.8) is 0 Å². The Hall–Kier alpha value is -2.76. The number of fused-ring (bicyclic) bond motifs is 1. The lowest BCUT2D eigenvalue weighted by Crippen LogP contribution is -2.33. The lowest BCUT2D eigenvalue weighted by Gasteiger charge is -2.19. The molecule has 0 spiro atoms. The predicted octanol–water partition coefficient (Wildman–Crippen LogP) is 3.27. The number of nitrogens with zero attached hydrogens (tertiary/aromatic N) is 4. The minimum Gasteiger partial charge on any atom is -0.347 e. The maximum absolute atomic E-state index is 12.9. The Morgan fingerprint density at radius 2 is 1.81 bits per heavy atom. The van der Waals surface area contributed by atoms with Gasteiger partial charge in [0, 0.05) is 17.8 Å². The Bertz CT molecular complexity index is 911. The summed E-state index contributed by atoms with van der Waals surface area (Å²) < 4.78 is 2.06. The van der Waals surface area contributed by atoms with Crippen LogP contribution in [0.5, 0.6) is 0 Å². The summed E-state index contributed by atoms with van der Waals surface area (Å²) in [5, 5.41) is 3.00. The minimum absolute atomic E-state index is 0.0342. The quantitative estimate of drug-likeness (QED) is 0.740. The van der Waals surface area contributed by atoms with Crippen LogP contribution in [0, 0.1) is 13.8 Å². The number of hydrogen-bond acceptors (Lipinski definition) is 4. The molecule has 0 aliphatic carbocycles. The average molecular weight is 351 g/mol. The molecular weight excluding hydrogens is 326 g/mol. The Morgan fingerprint density at radius 3 is 2.46 bits per heavy atom. The summed E-state index contributed by atoms with van der Waals surface area (Å²) in [6.07, 6.45) is 1.46. The zero-order chi connectivity index (χ0) is 18.7. The number of aromatic nitrogens is 4. The van der Waals surface area contributed by atoms with E-state index in [-0.39, 0.29) is 11.9 Å². The Labute approximate surface area is 153 Å². The van der Waals surface area contributed by atoms with Gasteiger partial charge in [0.05, 0.1) is 17.6 Å². The molecule has 0 fully saturated rings. The second-order valence-corrected chi connectivity index (χ2v) is 6.45. The number of imidazole rings is 1. The fraction of sp³-hybridized carbons (Fsp3) is 0.400. The summed E-state index contributed by atoms with van der Waals surface area (Å²) in [5.74, 6) is 1.53. The first-order valence-corrected chi connectivity index (χ1v) is 9.08. The van der Waals surface area contributed by atoms with Crippen LogP contribution in [-0.2, 0) is 17.8 Å². The van der Waals surface area contributed by atoms with Crippen LogP contribution in [0.3, 0.4) is 0 Å². The molecule has 0 aliphatic heterocycles. The predicted molar refractivity (Wildman–Crippen MR) is 102 cm³/mol. The van der Waals surface area contributed by atoms with Crippen molar-refractivity contribution in [3.05, 3.63) is 53.4 Å². The fourth-order valence-corrected chi connectivity index (χ4v) is 3.34. The van der Waals surface area contributed by atoms with E-state index in [4.69, 9.17) is 0 Å². The van der Waals surface area contributed by atoms with E-state index < -0.39 is 0 Å². The van der Waals surface area contributed by atoms with Crippen molar-refractivity contribution in [1.29, 1.82) is 0 Å². The summed E-state index contributed by atoms with van der Waals surface area (Å²) in [5.41, 5.74) is 3.73. The first kappa shape index (κ1) is 18.0. The number of para-hydroxylation sites is 2. The maximum Gasteiger partial charge on any atom is 0.243 e. The molecule has 1 aromatic carbocycles. The summed E-state index contributed by atoms with van der Waals surface area (Å²) >= 11 is 0. The van der Waals surface area contributed by atoms with E-state index in [9.17, 15) is 4.79 Å². The molecule has 0 radical (unpaired) electrons. The van der Waals surface area contributed by atoms with Crippen molar-refractivity contribution < 1.29 is 4.79 Å².